The maximum atomic E-state index is 14.2. The van der Waals surface area contributed by atoms with Gasteiger partial charge in [-0.2, -0.15) is 9.61 Å². The lowest BCUT2D eigenvalue weighted by molar-refractivity contribution is 0.454. The second-order valence-electron chi connectivity index (χ2n) is 6.93. The minimum atomic E-state index is -0.528. The summed E-state index contributed by atoms with van der Waals surface area (Å²) in [6.45, 7) is 0. The first-order valence-corrected chi connectivity index (χ1v) is 9.93. The van der Waals surface area contributed by atoms with E-state index in [-0.39, 0.29) is 23.3 Å². The van der Waals surface area contributed by atoms with Crippen molar-refractivity contribution in [3.8, 4) is 5.88 Å². The SMILES string of the molecule is O=c1[nH]c(O)c(/C=c2/cnn3c(=NC4CC4)cc(Nc4cc(Br)ccc4F)nc23)[nH]1. The Bertz CT molecular complexity index is 1450. The van der Waals surface area contributed by atoms with Crippen molar-refractivity contribution in [1.82, 2.24) is 24.6 Å². The van der Waals surface area contributed by atoms with Gasteiger partial charge in [0.1, 0.15) is 17.3 Å². The molecular weight excluding hydrogens is 457 g/mol. The summed E-state index contributed by atoms with van der Waals surface area (Å²) in [5.74, 6) is -0.316. The maximum absolute atomic E-state index is 14.2. The first-order valence-electron chi connectivity index (χ1n) is 9.14. The number of aromatic nitrogens is 5. The molecule has 1 fully saturated rings. The van der Waals surface area contributed by atoms with Crippen molar-refractivity contribution >= 4 is 39.2 Å². The van der Waals surface area contributed by atoms with Crippen LogP contribution in [0, 0.1) is 5.82 Å². The summed E-state index contributed by atoms with van der Waals surface area (Å²) in [6.07, 6.45) is 5.12. The van der Waals surface area contributed by atoms with Crippen molar-refractivity contribution in [3.63, 3.8) is 0 Å². The largest absolute Gasteiger partial charge is 0.493 e. The second kappa shape index (κ2) is 7.10. The molecular formula is C19H15BrFN7O2. The summed E-state index contributed by atoms with van der Waals surface area (Å²) in [5.41, 5.74) is 0.952. The number of anilines is 2. The summed E-state index contributed by atoms with van der Waals surface area (Å²) >= 11 is 3.34. The molecule has 4 N–H and O–H groups in total. The third kappa shape index (κ3) is 3.59. The van der Waals surface area contributed by atoms with Crippen LogP contribution in [-0.4, -0.2) is 35.7 Å². The Kier molecular flexibility index (Phi) is 4.39. The molecule has 1 aliphatic rings. The van der Waals surface area contributed by atoms with E-state index in [4.69, 9.17) is 0 Å². The van der Waals surface area contributed by atoms with Gasteiger partial charge < -0.3 is 15.4 Å². The van der Waals surface area contributed by atoms with E-state index in [1.165, 1.54) is 6.07 Å². The zero-order valence-corrected chi connectivity index (χ0v) is 16.9. The number of nitrogens with zero attached hydrogens (tertiary/aromatic N) is 4. The zero-order valence-electron chi connectivity index (χ0n) is 15.4. The molecule has 0 aliphatic heterocycles. The number of hydrogen-bond donors (Lipinski definition) is 4. The molecule has 0 spiro atoms. The average molecular weight is 472 g/mol. The van der Waals surface area contributed by atoms with Crippen molar-refractivity contribution in [2.75, 3.05) is 5.32 Å². The van der Waals surface area contributed by atoms with Crippen LogP contribution in [-0.2, 0) is 0 Å². The summed E-state index contributed by atoms with van der Waals surface area (Å²) in [6, 6.07) is 6.51. The molecule has 0 radical (unpaired) electrons. The highest BCUT2D eigenvalue weighted by Crippen LogP contribution is 2.24. The van der Waals surface area contributed by atoms with E-state index >= 15 is 0 Å². The lowest BCUT2D eigenvalue weighted by atomic mass is 10.3. The third-order valence-electron chi connectivity index (χ3n) is 4.57. The molecule has 9 nitrogen and oxygen atoms in total. The number of imidazole rings is 1. The quantitative estimate of drug-likeness (QED) is 0.360. The summed E-state index contributed by atoms with van der Waals surface area (Å²) in [5, 5.41) is 17.7. The number of aromatic hydroxyl groups is 1. The molecule has 11 heteroatoms. The number of benzene rings is 1. The Morgan fingerprint density at radius 3 is 2.90 bits per heavy atom. The molecule has 0 atom stereocenters. The second-order valence-corrected chi connectivity index (χ2v) is 7.85. The van der Waals surface area contributed by atoms with E-state index in [0.29, 0.717) is 22.2 Å². The van der Waals surface area contributed by atoms with Crippen LogP contribution in [0.25, 0.3) is 11.7 Å². The van der Waals surface area contributed by atoms with Gasteiger partial charge in [0.25, 0.3) is 0 Å². The Balaban J connectivity index is 1.69. The first kappa shape index (κ1) is 18.6. The lowest BCUT2D eigenvalue weighted by Gasteiger charge is -2.08. The van der Waals surface area contributed by atoms with E-state index in [1.807, 2.05) is 0 Å². The van der Waals surface area contributed by atoms with Gasteiger partial charge in [-0.1, -0.05) is 15.9 Å². The summed E-state index contributed by atoms with van der Waals surface area (Å²) in [4.78, 5) is 25.4. The molecule has 0 amide bonds. The molecule has 3 aromatic heterocycles. The van der Waals surface area contributed by atoms with Gasteiger partial charge in [-0.15, -0.1) is 0 Å². The van der Waals surface area contributed by atoms with Crippen LogP contribution in [0.3, 0.4) is 0 Å². The monoisotopic (exact) mass is 471 g/mol. The normalized spacial score (nSPS) is 15.3. The van der Waals surface area contributed by atoms with Crippen LogP contribution in [0.2, 0.25) is 0 Å². The summed E-state index contributed by atoms with van der Waals surface area (Å²) in [7, 11) is 0. The molecule has 0 unspecified atom stereocenters. The Labute approximate surface area is 176 Å². The highest BCUT2D eigenvalue weighted by atomic mass is 79.9. The highest BCUT2D eigenvalue weighted by molar-refractivity contribution is 9.10. The zero-order chi connectivity index (χ0) is 20.8. The Hall–Kier alpha value is -3.47. The van der Waals surface area contributed by atoms with Gasteiger partial charge in [0.05, 0.1) is 17.9 Å². The minimum absolute atomic E-state index is 0.203. The van der Waals surface area contributed by atoms with Gasteiger partial charge in [-0.3, -0.25) is 9.98 Å². The molecule has 0 bridgehead atoms. The fourth-order valence-corrected chi connectivity index (χ4v) is 3.35. The highest BCUT2D eigenvalue weighted by Gasteiger charge is 2.20. The van der Waals surface area contributed by atoms with E-state index < -0.39 is 11.5 Å². The molecule has 152 valence electrons. The number of H-pyrrole nitrogens is 2. The van der Waals surface area contributed by atoms with Crippen LogP contribution in [0.15, 0.2) is 44.7 Å². The van der Waals surface area contributed by atoms with E-state index in [0.717, 1.165) is 17.3 Å². The predicted molar refractivity (Wildman–Crippen MR) is 111 cm³/mol. The average Bonchev–Trinajstić information content (AvgIpc) is 3.34. The maximum Gasteiger partial charge on any atom is 0.326 e. The molecule has 3 heterocycles. The molecule has 0 saturated heterocycles. The lowest BCUT2D eigenvalue weighted by Crippen LogP contribution is -2.20. The van der Waals surface area contributed by atoms with E-state index in [9.17, 15) is 14.3 Å². The molecule has 5 rings (SSSR count). The first-order chi connectivity index (χ1) is 14.5. The standard InChI is InChI=1S/C19H15BrFN7O2/c20-10-1-4-12(21)13(6-10)24-15-7-16(23-11-2-3-11)28-17(26-15)9(8-22-28)5-14-18(29)27-19(30)25-14/h1,4-8,11,24,29H,2-3H2,(H2,25,27,30)/b9-5-,23-16?. The van der Waals surface area contributed by atoms with Gasteiger partial charge in [0, 0.05) is 15.8 Å². The fraction of sp³-hybridized carbons (Fsp3) is 0.158. The van der Waals surface area contributed by atoms with Gasteiger partial charge >= 0.3 is 5.69 Å². The Morgan fingerprint density at radius 1 is 1.33 bits per heavy atom. The van der Waals surface area contributed by atoms with Crippen molar-refractivity contribution in [3.05, 3.63) is 67.6 Å². The molecule has 1 aliphatic carbocycles. The number of aromatic amines is 2. The summed E-state index contributed by atoms with van der Waals surface area (Å²) < 4.78 is 16.5. The topological polar surface area (TPSA) is 123 Å². The van der Waals surface area contributed by atoms with E-state index in [1.54, 1.807) is 35.0 Å². The fourth-order valence-electron chi connectivity index (χ4n) is 2.99. The van der Waals surface area contributed by atoms with Crippen molar-refractivity contribution < 1.29 is 9.50 Å². The van der Waals surface area contributed by atoms with Crippen LogP contribution in [0.5, 0.6) is 5.88 Å². The van der Waals surface area contributed by atoms with Crippen LogP contribution < -0.4 is 21.7 Å². The van der Waals surface area contributed by atoms with Crippen molar-refractivity contribution in [1.29, 1.82) is 0 Å². The van der Waals surface area contributed by atoms with Gasteiger partial charge in [-0.25, -0.2) is 14.2 Å². The third-order valence-corrected chi connectivity index (χ3v) is 5.06. The van der Waals surface area contributed by atoms with Crippen LogP contribution in [0.1, 0.15) is 18.5 Å². The predicted octanol–water partition coefficient (Wildman–Crippen LogP) is 1.71. The smallest absolute Gasteiger partial charge is 0.326 e. The molecule has 1 aromatic carbocycles. The minimum Gasteiger partial charge on any atom is -0.493 e. The Morgan fingerprint density at radius 2 is 2.17 bits per heavy atom. The van der Waals surface area contributed by atoms with E-state index in [2.05, 4.69) is 46.3 Å². The molecule has 1 saturated carbocycles. The van der Waals surface area contributed by atoms with Crippen molar-refractivity contribution in [2.45, 2.75) is 18.9 Å². The van der Waals surface area contributed by atoms with Crippen molar-refractivity contribution in [2.24, 2.45) is 4.99 Å². The number of halogens is 2. The molecule has 4 aromatic rings. The number of hydrogen-bond acceptors (Lipinski definition) is 6. The molecule has 30 heavy (non-hydrogen) atoms. The number of nitrogens with one attached hydrogen (secondary N) is 3. The van der Waals surface area contributed by atoms with Gasteiger partial charge in [0.15, 0.2) is 11.1 Å². The number of rotatable bonds is 4. The van der Waals surface area contributed by atoms with Crippen LogP contribution in [0.4, 0.5) is 15.9 Å². The van der Waals surface area contributed by atoms with Gasteiger partial charge in [-0.05, 0) is 37.1 Å². The van der Waals surface area contributed by atoms with Crippen LogP contribution >= 0.6 is 15.9 Å². The van der Waals surface area contributed by atoms with Gasteiger partial charge in [0.2, 0.25) is 5.88 Å². The number of fused-ring (bicyclic) bond motifs is 1.